The first-order chi connectivity index (χ1) is 12.9. The van der Waals surface area contributed by atoms with Crippen molar-refractivity contribution < 1.29 is 23.2 Å². The fourth-order valence-corrected chi connectivity index (χ4v) is 4.32. The third-order valence-corrected chi connectivity index (χ3v) is 5.41. The summed E-state index contributed by atoms with van der Waals surface area (Å²) < 4.78 is 26.2. The van der Waals surface area contributed by atoms with E-state index in [9.17, 15) is 9.59 Å². The van der Waals surface area contributed by atoms with Gasteiger partial charge in [-0.05, 0) is 31.7 Å². The molecule has 0 unspecified atom stereocenters. The third kappa shape index (κ3) is 3.00. The molecule has 0 N–H and O–H groups in total. The first-order valence-electron chi connectivity index (χ1n) is 8.53. The van der Waals surface area contributed by atoms with Crippen LogP contribution in [0.2, 0.25) is 0 Å². The Kier molecular flexibility index (Phi) is 4.43. The van der Waals surface area contributed by atoms with E-state index in [4.69, 9.17) is 9.26 Å². The monoisotopic (exact) mass is 391 g/mol. The Hall–Kier alpha value is -2.39. The van der Waals surface area contributed by atoms with Gasteiger partial charge in [-0.1, -0.05) is 11.7 Å². The van der Waals surface area contributed by atoms with Crippen LogP contribution >= 0.6 is 11.8 Å². The lowest BCUT2D eigenvalue weighted by Gasteiger charge is -2.37. The molecule has 1 amide bonds. The molecule has 2 aliphatic heterocycles. The maximum absolute atomic E-state index is 15.3. The van der Waals surface area contributed by atoms with Gasteiger partial charge in [-0.2, -0.15) is 0 Å². The van der Waals surface area contributed by atoms with E-state index in [1.54, 1.807) is 4.90 Å². The number of carbonyl (C=O) groups excluding carboxylic acids is 2. The molecule has 2 saturated heterocycles. The summed E-state index contributed by atoms with van der Waals surface area (Å²) in [5.41, 5.74) is 0.283. The number of rotatable bonds is 3. The second-order valence-electron chi connectivity index (χ2n) is 6.78. The number of morpholine rings is 1. The average Bonchev–Trinajstić information content (AvgIpc) is 3.16. The first kappa shape index (κ1) is 18.0. The fourth-order valence-electron chi connectivity index (χ4n) is 3.61. The maximum Gasteiger partial charge on any atom is 0.292 e. The molecule has 2 aromatic rings. The van der Waals surface area contributed by atoms with Crippen LogP contribution in [0, 0.1) is 5.82 Å². The Balaban J connectivity index is 1.83. The van der Waals surface area contributed by atoms with Crippen molar-refractivity contribution in [2.75, 3.05) is 29.4 Å². The molecule has 0 saturated carbocycles. The van der Waals surface area contributed by atoms with Gasteiger partial charge in [0.15, 0.2) is 17.9 Å². The fraction of sp³-hybridized carbons (Fsp3) is 0.389. The molecule has 1 aromatic heterocycles. The number of fused-ring (bicyclic) bond motifs is 1. The number of anilines is 2. The molecule has 142 valence electrons. The van der Waals surface area contributed by atoms with Crippen molar-refractivity contribution in [2.24, 2.45) is 0 Å². The smallest absolute Gasteiger partial charge is 0.292 e. The predicted octanol–water partition coefficient (Wildman–Crippen LogP) is 3.58. The van der Waals surface area contributed by atoms with Crippen LogP contribution in [0.4, 0.5) is 20.7 Å². The van der Waals surface area contributed by atoms with Gasteiger partial charge in [0.25, 0.3) is 5.24 Å². The molecule has 2 aliphatic rings. The molecule has 0 spiro atoms. The lowest BCUT2D eigenvalue weighted by atomic mass is 10.1. The second-order valence-corrected chi connectivity index (χ2v) is 7.91. The Morgan fingerprint density at radius 1 is 1.37 bits per heavy atom. The van der Waals surface area contributed by atoms with Gasteiger partial charge >= 0.3 is 0 Å². The van der Waals surface area contributed by atoms with Crippen molar-refractivity contribution in [3.63, 3.8) is 0 Å². The molecule has 2 atom stereocenters. The Morgan fingerprint density at radius 2 is 2.07 bits per heavy atom. The molecule has 0 aliphatic carbocycles. The number of amides is 1. The predicted molar refractivity (Wildman–Crippen MR) is 101 cm³/mol. The van der Waals surface area contributed by atoms with E-state index in [1.807, 2.05) is 13.8 Å². The Bertz CT molecular complexity index is 950. The lowest BCUT2D eigenvalue weighted by molar-refractivity contribution is -0.00543. The van der Waals surface area contributed by atoms with Gasteiger partial charge in [0.1, 0.15) is 0 Å². The van der Waals surface area contributed by atoms with E-state index in [2.05, 4.69) is 11.7 Å². The highest BCUT2D eigenvalue weighted by atomic mass is 32.2. The summed E-state index contributed by atoms with van der Waals surface area (Å²) in [4.78, 5) is 27.7. The van der Waals surface area contributed by atoms with Crippen molar-refractivity contribution in [1.29, 1.82) is 0 Å². The van der Waals surface area contributed by atoms with Crippen molar-refractivity contribution in [1.82, 2.24) is 5.16 Å². The van der Waals surface area contributed by atoms with Gasteiger partial charge in [-0.15, -0.1) is 0 Å². The Labute approximate surface area is 159 Å². The normalized spacial score (nSPS) is 23.5. The van der Waals surface area contributed by atoms with Crippen LogP contribution < -0.4 is 9.80 Å². The molecular formula is C18H18FN3O4S. The number of halogens is 1. The van der Waals surface area contributed by atoms with Crippen LogP contribution in [0.3, 0.4) is 0 Å². The molecule has 9 heteroatoms. The molecule has 27 heavy (non-hydrogen) atoms. The average molecular weight is 391 g/mol. The molecule has 7 nitrogen and oxygen atoms in total. The second kappa shape index (κ2) is 6.65. The summed E-state index contributed by atoms with van der Waals surface area (Å²) in [7, 11) is 0. The standard InChI is InChI=1S/C18H18FN3O4S/c1-9-5-21(6-10(2)25-9)15-12(8-23)4-13-16(14(15)19)26-20-17(13)22-7-11(3)27-18(22)24/h4,8-10H,3,5-7H2,1-2H3/t9-,10-/m0/s1. The van der Waals surface area contributed by atoms with Gasteiger partial charge < -0.3 is 14.2 Å². The summed E-state index contributed by atoms with van der Waals surface area (Å²) >= 11 is 1.00. The van der Waals surface area contributed by atoms with Crippen LogP contribution in [0.25, 0.3) is 11.0 Å². The topological polar surface area (TPSA) is 75.9 Å². The number of hydrogen-bond acceptors (Lipinski definition) is 7. The highest BCUT2D eigenvalue weighted by Crippen LogP contribution is 2.39. The van der Waals surface area contributed by atoms with Crippen LogP contribution in [0.1, 0.15) is 24.2 Å². The molecule has 4 rings (SSSR count). The van der Waals surface area contributed by atoms with Crippen molar-refractivity contribution in [2.45, 2.75) is 26.1 Å². The third-order valence-electron chi connectivity index (χ3n) is 4.59. The van der Waals surface area contributed by atoms with E-state index in [-0.39, 0.29) is 52.0 Å². The Morgan fingerprint density at radius 3 is 2.67 bits per heavy atom. The lowest BCUT2D eigenvalue weighted by Crippen LogP contribution is -2.46. The van der Waals surface area contributed by atoms with Gasteiger partial charge in [0.05, 0.1) is 29.8 Å². The van der Waals surface area contributed by atoms with Crippen LogP contribution in [0.15, 0.2) is 22.1 Å². The van der Waals surface area contributed by atoms with Crippen LogP contribution in [0.5, 0.6) is 0 Å². The van der Waals surface area contributed by atoms with E-state index >= 15 is 4.39 Å². The summed E-state index contributed by atoms with van der Waals surface area (Å²) in [6, 6.07) is 1.52. The minimum Gasteiger partial charge on any atom is -0.372 e. The largest absolute Gasteiger partial charge is 0.372 e. The molecule has 0 bridgehead atoms. The number of hydrogen-bond donors (Lipinski definition) is 0. The summed E-state index contributed by atoms with van der Waals surface area (Å²) in [5, 5.41) is 3.92. The van der Waals surface area contributed by atoms with Crippen molar-refractivity contribution >= 4 is 45.8 Å². The minimum absolute atomic E-state index is 0.0762. The molecule has 2 fully saturated rings. The van der Waals surface area contributed by atoms with E-state index in [1.165, 1.54) is 11.0 Å². The quantitative estimate of drug-likeness (QED) is 0.740. The number of aromatic nitrogens is 1. The highest BCUT2D eigenvalue weighted by Gasteiger charge is 2.33. The maximum atomic E-state index is 15.3. The van der Waals surface area contributed by atoms with Crippen molar-refractivity contribution in [3.8, 4) is 0 Å². The molecule has 3 heterocycles. The van der Waals surface area contributed by atoms with E-state index in [0.717, 1.165) is 11.8 Å². The molecule has 1 aromatic carbocycles. The van der Waals surface area contributed by atoms with Gasteiger partial charge in [-0.25, -0.2) is 4.39 Å². The zero-order valence-corrected chi connectivity index (χ0v) is 15.7. The molecular weight excluding hydrogens is 373 g/mol. The number of ether oxygens (including phenoxy) is 1. The highest BCUT2D eigenvalue weighted by molar-refractivity contribution is 8.17. The first-order valence-corrected chi connectivity index (χ1v) is 9.35. The van der Waals surface area contributed by atoms with Gasteiger partial charge in [0.2, 0.25) is 5.58 Å². The SMILES string of the molecule is C=C1CN(c2noc3c(F)c(N4C[C@H](C)O[C@@H](C)C4)c(C=O)cc23)C(=O)S1. The number of aldehydes is 1. The van der Waals surface area contributed by atoms with Crippen molar-refractivity contribution in [3.05, 3.63) is 28.9 Å². The number of benzene rings is 1. The number of thioether (sulfide) groups is 1. The van der Waals surface area contributed by atoms with Crippen LogP contribution in [-0.2, 0) is 4.74 Å². The number of carbonyl (C=O) groups is 2. The van der Waals surface area contributed by atoms with Gasteiger partial charge in [0, 0.05) is 23.6 Å². The zero-order chi connectivity index (χ0) is 19.3. The van der Waals surface area contributed by atoms with E-state index < -0.39 is 5.82 Å². The zero-order valence-electron chi connectivity index (χ0n) is 14.9. The summed E-state index contributed by atoms with van der Waals surface area (Å²) in [5.74, 6) is -0.466. The minimum atomic E-state index is -0.659. The molecule has 0 radical (unpaired) electrons. The van der Waals surface area contributed by atoms with Crippen LogP contribution in [-0.4, -0.2) is 48.5 Å². The summed E-state index contributed by atoms with van der Waals surface area (Å²) in [6.07, 6.45) is 0.414. The number of nitrogens with zero attached hydrogens (tertiary/aromatic N) is 3. The van der Waals surface area contributed by atoms with Gasteiger partial charge in [-0.3, -0.25) is 14.5 Å². The summed E-state index contributed by atoms with van der Waals surface area (Å²) in [6.45, 7) is 8.75. The van der Waals surface area contributed by atoms with E-state index in [0.29, 0.717) is 24.3 Å².